The molecule has 0 aliphatic carbocycles. The van der Waals surface area contributed by atoms with Crippen LogP contribution in [0.5, 0.6) is 0 Å². The number of rotatable bonds is 48. The van der Waals surface area contributed by atoms with Crippen molar-refractivity contribution in [2.24, 2.45) is 5.92 Å². The van der Waals surface area contributed by atoms with E-state index >= 15 is 0 Å². The lowest BCUT2D eigenvalue weighted by atomic mass is 10.0. The SMILES string of the molecule is CCCCCCCCCCCCCCCCCCCCC(=O)OC[C@@H](COC(=O)CCCCCCCCCCCCCC)OC(=O)CCCCCCCCCCC(C)C. The lowest BCUT2D eigenvalue weighted by Crippen LogP contribution is -2.30. The van der Waals surface area contributed by atoms with E-state index in [-0.39, 0.29) is 31.1 Å². The van der Waals surface area contributed by atoms with Crippen molar-refractivity contribution < 1.29 is 28.6 Å². The van der Waals surface area contributed by atoms with E-state index in [0.717, 1.165) is 63.7 Å². The third-order valence-electron chi connectivity index (χ3n) is 12.0. The average molecular weight is 835 g/mol. The number of ether oxygens (including phenoxy) is 3. The fraction of sp³-hybridized carbons (Fsp3) is 0.943. The molecule has 0 bridgehead atoms. The van der Waals surface area contributed by atoms with Gasteiger partial charge in [-0.2, -0.15) is 0 Å². The van der Waals surface area contributed by atoms with Crippen LogP contribution in [0.3, 0.4) is 0 Å². The first-order chi connectivity index (χ1) is 28.9. The maximum Gasteiger partial charge on any atom is 0.306 e. The first kappa shape index (κ1) is 57.4. The molecule has 0 N–H and O–H groups in total. The molecule has 0 saturated heterocycles. The van der Waals surface area contributed by atoms with Crippen LogP contribution < -0.4 is 0 Å². The number of carbonyl (C=O) groups excluding carboxylic acids is 3. The molecule has 0 rings (SSSR count). The Morgan fingerprint density at radius 2 is 0.559 bits per heavy atom. The Labute approximate surface area is 368 Å². The summed E-state index contributed by atoms with van der Waals surface area (Å²) in [5, 5.41) is 0. The second-order valence-electron chi connectivity index (χ2n) is 18.6. The normalized spacial score (nSPS) is 11.9. The molecule has 0 unspecified atom stereocenters. The molecule has 350 valence electrons. The molecular formula is C53H102O6. The van der Waals surface area contributed by atoms with Gasteiger partial charge in [0, 0.05) is 19.3 Å². The van der Waals surface area contributed by atoms with E-state index in [4.69, 9.17) is 14.2 Å². The minimum Gasteiger partial charge on any atom is -0.462 e. The predicted octanol–water partition coefficient (Wildman–Crippen LogP) is 17.1. The van der Waals surface area contributed by atoms with Crippen LogP contribution in [0, 0.1) is 5.92 Å². The Balaban J connectivity index is 4.25. The zero-order valence-corrected chi connectivity index (χ0v) is 40.2. The van der Waals surface area contributed by atoms with E-state index in [9.17, 15) is 14.4 Å². The summed E-state index contributed by atoms with van der Waals surface area (Å²) in [5.74, 6) is -0.0527. The Morgan fingerprint density at radius 1 is 0.322 bits per heavy atom. The molecule has 0 heterocycles. The number of unbranched alkanes of at least 4 members (excludes halogenated alkanes) is 35. The second-order valence-corrected chi connectivity index (χ2v) is 18.6. The average Bonchev–Trinajstić information content (AvgIpc) is 3.22. The molecule has 0 saturated carbocycles. The highest BCUT2D eigenvalue weighted by atomic mass is 16.6. The fourth-order valence-electron chi connectivity index (χ4n) is 8.04. The van der Waals surface area contributed by atoms with E-state index in [1.807, 2.05) is 0 Å². The van der Waals surface area contributed by atoms with Gasteiger partial charge in [-0.05, 0) is 25.2 Å². The molecule has 59 heavy (non-hydrogen) atoms. The van der Waals surface area contributed by atoms with Gasteiger partial charge in [-0.1, -0.05) is 259 Å². The fourth-order valence-corrected chi connectivity index (χ4v) is 8.04. The monoisotopic (exact) mass is 835 g/mol. The van der Waals surface area contributed by atoms with Gasteiger partial charge >= 0.3 is 17.9 Å². The number of hydrogen-bond donors (Lipinski definition) is 0. The molecule has 6 nitrogen and oxygen atoms in total. The van der Waals surface area contributed by atoms with E-state index in [0.29, 0.717) is 19.3 Å². The van der Waals surface area contributed by atoms with Gasteiger partial charge in [0.1, 0.15) is 13.2 Å². The summed E-state index contributed by atoms with van der Waals surface area (Å²) in [7, 11) is 0. The van der Waals surface area contributed by atoms with Crippen molar-refractivity contribution >= 4 is 17.9 Å². The van der Waals surface area contributed by atoms with Crippen molar-refractivity contribution in [3.8, 4) is 0 Å². The van der Waals surface area contributed by atoms with Crippen LogP contribution in [0.15, 0.2) is 0 Å². The Kier molecular flexibility index (Phi) is 46.2. The summed E-state index contributed by atoms with van der Waals surface area (Å²) < 4.78 is 16.8. The van der Waals surface area contributed by atoms with Gasteiger partial charge in [0.15, 0.2) is 6.10 Å². The van der Waals surface area contributed by atoms with Gasteiger partial charge in [0.05, 0.1) is 0 Å². The van der Waals surface area contributed by atoms with Crippen LogP contribution in [0.1, 0.15) is 297 Å². The largest absolute Gasteiger partial charge is 0.462 e. The quantitative estimate of drug-likeness (QED) is 0.0345. The van der Waals surface area contributed by atoms with E-state index in [1.165, 1.54) is 193 Å². The van der Waals surface area contributed by atoms with Gasteiger partial charge < -0.3 is 14.2 Å². The summed E-state index contributed by atoms with van der Waals surface area (Å²) in [6.45, 7) is 8.99. The van der Waals surface area contributed by atoms with Gasteiger partial charge in [-0.25, -0.2) is 0 Å². The second kappa shape index (κ2) is 47.5. The summed E-state index contributed by atoms with van der Waals surface area (Å²) >= 11 is 0. The first-order valence-electron chi connectivity index (χ1n) is 26.4. The highest BCUT2D eigenvalue weighted by molar-refractivity contribution is 5.71. The third-order valence-corrected chi connectivity index (χ3v) is 12.0. The third kappa shape index (κ3) is 47.3. The van der Waals surface area contributed by atoms with Crippen LogP contribution in [-0.4, -0.2) is 37.2 Å². The number of hydrogen-bond acceptors (Lipinski definition) is 6. The minimum absolute atomic E-state index is 0.0632. The van der Waals surface area contributed by atoms with Crippen molar-refractivity contribution in [1.82, 2.24) is 0 Å². The van der Waals surface area contributed by atoms with Crippen LogP contribution >= 0.6 is 0 Å². The van der Waals surface area contributed by atoms with Crippen molar-refractivity contribution in [2.75, 3.05) is 13.2 Å². The van der Waals surface area contributed by atoms with Gasteiger partial charge in [0.25, 0.3) is 0 Å². The van der Waals surface area contributed by atoms with Gasteiger partial charge in [-0.3, -0.25) is 14.4 Å². The standard InChI is InChI=1S/C53H102O6/c1-5-7-9-11-13-15-17-19-20-21-22-23-24-26-28-33-37-41-45-52(55)58-48-50(59-53(56)46-42-38-34-30-29-31-35-39-43-49(3)4)47-57-51(54)44-40-36-32-27-25-18-16-14-12-10-8-6-2/h49-50H,5-48H2,1-4H3/t50-/m1/s1. The molecule has 1 atom stereocenters. The molecule has 0 aromatic rings. The highest BCUT2D eigenvalue weighted by Gasteiger charge is 2.19. The minimum atomic E-state index is -0.761. The topological polar surface area (TPSA) is 78.9 Å². The first-order valence-corrected chi connectivity index (χ1v) is 26.4. The molecule has 0 radical (unpaired) electrons. The Hall–Kier alpha value is -1.59. The number of carbonyl (C=O) groups is 3. The van der Waals surface area contributed by atoms with Crippen molar-refractivity contribution in [2.45, 2.75) is 303 Å². The number of esters is 3. The maximum absolute atomic E-state index is 12.8. The van der Waals surface area contributed by atoms with E-state index in [1.54, 1.807) is 0 Å². The molecular weight excluding hydrogens is 733 g/mol. The van der Waals surface area contributed by atoms with Crippen molar-refractivity contribution in [1.29, 1.82) is 0 Å². The zero-order chi connectivity index (χ0) is 43.1. The summed E-state index contributed by atoms with van der Waals surface area (Å²) in [5.41, 5.74) is 0. The van der Waals surface area contributed by atoms with Crippen molar-refractivity contribution in [3.05, 3.63) is 0 Å². The molecule has 0 spiro atoms. The van der Waals surface area contributed by atoms with Crippen molar-refractivity contribution in [3.63, 3.8) is 0 Å². The van der Waals surface area contributed by atoms with Gasteiger partial charge in [0.2, 0.25) is 0 Å². The van der Waals surface area contributed by atoms with E-state index < -0.39 is 6.10 Å². The zero-order valence-electron chi connectivity index (χ0n) is 40.2. The molecule has 0 fully saturated rings. The van der Waals surface area contributed by atoms with Crippen LogP contribution in [-0.2, 0) is 28.6 Å². The summed E-state index contributed by atoms with van der Waals surface area (Å²) in [6, 6.07) is 0. The molecule has 0 aliphatic heterocycles. The molecule has 0 aromatic heterocycles. The maximum atomic E-state index is 12.8. The lowest BCUT2D eigenvalue weighted by Gasteiger charge is -2.18. The smallest absolute Gasteiger partial charge is 0.306 e. The van der Waals surface area contributed by atoms with Crippen LogP contribution in [0.4, 0.5) is 0 Å². The molecule has 0 aliphatic rings. The summed E-state index contributed by atoms with van der Waals surface area (Å²) in [4.78, 5) is 37.9. The molecule has 6 heteroatoms. The van der Waals surface area contributed by atoms with E-state index in [2.05, 4.69) is 27.7 Å². The lowest BCUT2D eigenvalue weighted by molar-refractivity contribution is -0.167. The molecule has 0 aromatic carbocycles. The van der Waals surface area contributed by atoms with Gasteiger partial charge in [-0.15, -0.1) is 0 Å². The van der Waals surface area contributed by atoms with Crippen LogP contribution in [0.2, 0.25) is 0 Å². The Morgan fingerprint density at radius 3 is 0.831 bits per heavy atom. The summed E-state index contributed by atoms with van der Waals surface area (Å²) in [6.07, 6.45) is 49.5. The highest BCUT2D eigenvalue weighted by Crippen LogP contribution is 2.17. The van der Waals surface area contributed by atoms with Crippen LogP contribution in [0.25, 0.3) is 0 Å². The molecule has 0 amide bonds. The predicted molar refractivity (Wildman–Crippen MR) is 252 cm³/mol. The Bertz CT molecular complexity index is 887.